The van der Waals surface area contributed by atoms with Crippen molar-refractivity contribution in [2.75, 3.05) is 65.5 Å². The van der Waals surface area contributed by atoms with Crippen molar-refractivity contribution in [2.45, 2.75) is 46.3 Å². The maximum atomic E-state index is 5.92. The first-order valence-corrected chi connectivity index (χ1v) is 12.4. The highest BCUT2D eigenvalue weighted by Gasteiger charge is 2.22. The summed E-state index contributed by atoms with van der Waals surface area (Å²) in [4.78, 5) is 7.80. The Hall–Kier alpha value is 0.0569. The molecule has 0 bridgehead atoms. The Balaban J connectivity index is 2.12. The Morgan fingerprint density at radius 1 is 0.909 bits per heavy atom. The molecule has 0 aliphatic carbocycles. The van der Waals surface area contributed by atoms with Crippen LogP contribution in [-0.2, 0) is 4.43 Å². The lowest BCUT2D eigenvalue weighted by Crippen LogP contribution is -2.48. The molecule has 0 unspecified atom stereocenters. The van der Waals surface area contributed by atoms with E-state index < -0.39 is 8.32 Å². The molecule has 0 atom stereocenters. The summed E-state index contributed by atoms with van der Waals surface area (Å²) in [7, 11) is -1.38. The van der Waals surface area contributed by atoms with Crippen LogP contribution < -0.4 is 0 Å². The Kier molecular flexibility index (Phi) is 9.83. The number of hydrogen-bond donors (Lipinski definition) is 0. The largest absolute Gasteiger partial charge is 0.418 e. The average molecular weight is 330 g/mol. The van der Waals surface area contributed by atoms with Crippen LogP contribution in [0.3, 0.4) is 0 Å². The number of piperazine rings is 1. The van der Waals surface area contributed by atoms with Gasteiger partial charge in [0.05, 0.1) is 0 Å². The third-order valence-corrected chi connectivity index (χ3v) is 7.51. The standard InChI is InChI=1S/C17H39N3OSi/c1-6-18(7-2)11-12-20-15-13-19(14-16-20)10-9-17-22(4,5)21-8-3/h6-17H2,1-5H3. The molecule has 0 spiro atoms. The van der Waals surface area contributed by atoms with Gasteiger partial charge in [0.1, 0.15) is 0 Å². The molecule has 0 N–H and O–H groups in total. The molecular formula is C17H39N3OSi. The predicted octanol–water partition coefficient (Wildman–Crippen LogP) is 2.58. The molecule has 5 heteroatoms. The molecule has 1 fully saturated rings. The maximum Gasteiger partial charge on any atom is 0.186 e. The lowest BCUT2D eigenvalue weighted by Gasteiger charge is -2.36. The van der Waals surface area contributed by atoms with E-state index in [1.165, 1.54) is 71.4 Å². The highest BCUT2D eigenvalue weighted by Crippen LogP contribution is 2.14. The molecule has 0 saturated carbocycles. The average Bonchev–Trinajstić information content (AvgIpc) is 2.49. The van der Waals surface area contributed by atoms with Gasteiger partial charge in [0.2, 0.25) is 0 Å². The summed E-state index contributed by atoms with van der Waals surface area (Å²) in [6.07, 6.45) is 1.30. The number of rotatable bonds is 11. The molecule has 1 rings (SSSR count). The normalized spacial score (nSPS) is 18.3. The van der Waals surface area contributed by atoms with E-state index in [1.807, 2.05) is 0 Å². The summed E-state index contributed by atoms with van der Waals surface area (Å²) in [5.74, 6) is 0. The van der Waals surface area contributed by atoms with Gasteiger partial charge >= 0.3 is 0 Å². The van der Waals surface area contributed by atoms with E-state index in [4.69, 9.17) is 4.43 Å². The van der Waals surface area contributed by atoms with E-state index in [0.29, 0.717) is 0 Å². The van der Waals surface area contributed by atoms with Crippen LogP contribution in [0.5, 0.6) is 0 Å². The second-order valence-corrected chi connectivity index (χ2v) is 11.3. The second-order valence-electron chi connectivity index (χ2n) is 7.01. The highest BCUT2D eigenvalue weighted by molar-refractivity contribution is 6.71. The number of hydrogen-bond acceptors (Lipinski definition) is 4. The summed E-state index contributed by atoms with van der Waals surface area (Å²) < 4.78 is 5.92. The number of nitrogens with zero attached hydrogens (tertiary/aromatic N) is 3. The third kappa shape index (κ3) is 8.06. The quantitative estimate of drug-likeness (QED) is 0.542. The minimum absolute atomic E-state index is 0.879. The molecular weight excluding hydrogens is 290 g/mol. The fourth-order valence-corrected chi connectivity index (χ4v) is 5.19. The molecule has 0 aromatic carbocycles. The van der Waals surface area contributed by atoms with Crippen LogP contribution in [0.1, 0.15) is 27.2 Å². The first-order chi connectivity index (χ1) is 10.5. The SMILES string of the molecule is CCO[Si](C)(C)CCCN1CCN(CCN(CC)CC)CC1. The summed E-state index contributed by atoms with van der Waals surface area (Å²) >= 11 is 0. The van der Waals surface area contributed by atoms with Gasteiger partial charge in [0, 0.05) is 45.9 Å². The van der Waals surface area contributed by atoms with Crippen molar-refractivity contribution in [3.05, 3.63) is 0 Å². The zero-order chi connectivity index (χ0) is 16.4. The van der Waals surface area contributed by atoms with Crippen molar-refractivity contribution in [2.24, 2.45) is 0 Å². The molecule has 1 aliphatic rings. The van der Waals surface area contributed by atoms with Gasteiger partial charge in [0.25, 0.3) is 0 Å². The Morgan fingerprint density at radius 3 is 1.95 bits per heavy atom. The van der Waals surface area contributed by atoms with Gasteiger partial charge in [-0.1, -0.05) is 13.8 Å². The van der Waals surface area contributed by atoms with Crippen LogP contribution >= 0.6 is 0 Å². The van der Waals surface area contributed by atoms with Gasteiger partial charge in [-0.2, -0.15) is 0 Å². The van der Waals surface area contributed by atoms with E-state index in [0.717, 1.165) is 6.61 Å². The van der Waals surface area contributed by atoms with Gasteiger partial charge in [-0.3, -0.25) is 4.90 Å². The highest BCUT2D eigenvalue weighted by atomic mass is 28.4. The van der Waals surface area contributed by atoms with Gasteiger partial charge < -0.3 is 14.2 Å². The third-order valence-electron chi connectivity index (χ3n) is 4.88. The second kappa shape index (κ2) is 10.8. The van der Waals surface area contributed by atoms with Crippen molar-refractivity contribution in [3.63, 3.8) is 0 Å². The van der Waals surface area contributed by atoms with Crippen molar-refractivity contribution >= 4 is 8.32 Å². The van der Waals surface area contributed by atoms with Crippen molar-refractivity contribution < 1.29 is 4.43 Å². The smallest absolute Gasteiger partial charge is 0.186 e. The fraction of sp³-hybridized carbons (Fsp3) is 1.00. The molecule has 0 amide bonds. The predicted molar refractivity (Wildman–Crippen MR) is 99.2 cm³/mol. The van der Waals surface area contributed by atoms with E-state index in [2.05, 4.69) is 48.6 Å². The summed E-state index contributed by atoms with van der Waals surface area (Å²) in [5, 5.41) is 0. The Morgan fingerprint density at radius 2 is 1.45 bits per heavy atom. The van der Waals surface area contributed by atoms with E-state index in [1.54, 1.807) is 0 Å². The molecule has 1 aliphatic heterocycles. The maximum absolute atomic E-state index is 5.92. The summed E-state index contributed by atoms with van der Waals surface area (Å²) in [5.41, 5.74) is 0. The molecule has 4 nitrogen and oxygen atoms in total. The lowest BCUT2D eigenvalue weighted by atomic mass is 10.3. The minimum atomic E-state index is -1.38. The Bertz CT molecular complexity index is 277. The van der Waals surface area contributed by atoms with Gasteiger partial charge in [0.15, 0.2) is 8.32 Å². The Labute approximate surface area is 139 Å². The fourth-order valence-electron chi connectivity index (χ4n) is 3.25. The monoisotopic (exact) mass is 329 g/mol. The van der Waals surface area contributed by atoms with E-state index in [-0.39, 0.29) is 0 Å². The van der Waals surface area contributed by atoms with Crippen LogP contribution in [0, 0.1) is 0 Å². The molecule has 0 aromatic heterocycles. The van der Waals surface area contributed by atoms with Crippen LogP contribution in [0.15, 0.2) is 0 Å². The van der Waals surface area contributed by atoms with Crippen molar-refractivity contribution in [1.29, 1.82) is 0 Å². The number of likely N-dealkylation sites (N-methyl/N-ethyl adjacent to an activating group) is 1. The minimum Gasteiger partial charge on any atom is -0.418 e. The molecule has 0 radical (unpaired) electrons. The zero-order valence-electron chi connectivity index (χ0n) is 15.7. The summed E-state index contributed by atoms with van der Waals surface area (Å²) in [6.45, 7) is 23.3. The van der Waals surface area contributed by atoms with E-state index in [9.17, 15) is 0 Å². The van der Waals surface area contributed by atoms with Crippen LogP contribution in [0.4, 0.5) is 0 Å². The summed E-state index contributed by atoms with van der Waals surface area (Å²) in [6, 6.07) is 1.29. The molecule has 0 aromatic rings. The van der Waals surface area contributed by atoms with Gasteiger partial charge in [-0.15, -0.1) is 0 Å². The van der Waals surface area contributed by atoms with E-state index >= 15 is 0 Å². The molecule has 132 valence electrons. The van der Waals surface area contributed by atoms with Crippen LogP contribution in [0.25, 0.3) is 0 Å². The van der Waals surface area contributed by atoms with Crippen molar-refractivity contribution in [3.8, 4) is 0 Å². The lowest BCUT2D eigenvalue weighted by molar-refractivity contribution is 0.120. The van der Waals surface area contributed by atoms with Crippen LogP contribution in [0.2, 0.25) is 19.1 Å². The van der Waals surface area contributed by atoms with Gasteiger partial charge in [-0.05, 0) is 52.1 Å². The van der Waals surface area contributed by atoms with Crippen LogP contribution in [-0.4, -0.2) is 88.5 Å². The molecule has 1 saturated heterocycles. The first-order valence-electron chi connectivity index (χ1n) is 9.31. The van der Waals surface area contributed by atoms with Gasteiger partial charge in [-0.25, -0.2) is 0 Å². The topological polar surface area (TPSA) is 19.0 Å². The molecule has 1 heterocycles. The first kappa shape index (κ1) is 20.1. The molecule has 22 heavy (non-hydrogen) atoms. The zero-order valence-corrected chi connectivity index (χ0v) is 16.7. The van der Waals surface area contributed by atoms with Crippen molar-refractivity contribution in [1.82, 2.24) is 14.7 Å².